The average molecular weight is 470 g/mol. The van der Waals surface area contributed by atoms with Gasteiger partial charge in [-0.25, -0.2) is 8.42 Å². The van der Waals surface area contributed by atoms with Crippen LogP contribution in [-0.4, -0.2) is 79.7 Å². The van der Waals surface area contributed by atoms with Crippen molar-refractivity contribution >= 4 is 27.5 Å². The minimum absolute atomic E-state index is 0.0870. The molecule has 0 aromatic heterocycles. The van der Waals surface area contributed by atoms with E-state index < -0.39 is 15.6 Å². The molecule has 0 atom stereocenters. The van der Waals surface area contributed by atoms with Gasteiger partial charge in [0.15, 0.2) is 0 Å². The first-order chi connectivity index (χ1) is 15.7. The molecule has 2 fully saturated rings. The van der Waals surface area contributed by atoms with Crippen LogP contribution in [0.2, 0.25) is 0 Å². The zero-order valence-corrected chi connectivity index (χ0v) is 19.3. The van der Waals surface area contributed by atoms with Gasteiger partial charge in [0, 0.05) is 38.3 Å². The highest BCUT2D eigenvalue weighted by Crippen LogP contribution is 2.37. The van der Waals surface area contributed by atoms with Crippen LogP contribution in [-0.2, 0) is 21.2 Å². The Morgan fingerprint density at radius 2 is 1.48 bits per heavy atom. The number of hydrogen-bond acceptors (Lipinski definition) is 5. The van der Waals surface area contributed by atoms with Crippen LogP contribution in [0, 0.1) is 0 Å². The predicted octanol–water partition coefficient (Wildman–Crippen LogP) is 1.48. The van der Waals surface area contributed by atoms with Gasteiger partial charge in [0.1, 0.15) is 5.60 Å². The third-order valence-electron chi connectivity index (χ3n) is 6.78. The van der Waals surface area contributed by atoms with Gasteiger partial charge in [-0.2, -0.15) is 0 Å². The third-order valence-corrected chi connectivity index (χ3v) is 7.96. The number of anilines is 1. The van der Waals surface area contributed by atoms with E-state index in [1.54, 1.807) is 21.9 Å². The lowest BCUT2D eigenvalue weighted by molar-refractivity contribution is -0.143. The Morgan fingerprint density at radius 1 is 0.879 bits per heavy atom. The molecular formula is C24H27N3O5S. The second-order valence-electron chi connectivity index (χ2n) is 9.12. The van der Waals surface area contributed by atoms with Crippen LogP contribution in [0.4, 0.5) is 5.69 Å². The molecule has 0 bridgehead atoms. The van der Waals surface area contributed by atoms with Crippen molar-refractivity contribution in [2.24, 2.45) is 0 Å². The number of piperazine rings is 1. The van der Waals surface area contributed by atoms with Gasteiger partial charge in [-0.05, 0) is 54.2 Å². The lowest BCUT2D eigenvalue weighted by Crippen LogP contribution is -2.53. The number of sulfonamides is 1. The van der Waals surface area contributed by atoms with E-state index in [9.17, 15) is 23.1 Å². The molecule has 2 aromatic carbocycles. The molecule has 1 N–H and O–H groups in total. The summed E-state index contributed by atoms with van der Waals surface area (Å²) >= 11 is 0. The van der Waals surface area contributed by atoms with Gasteiger partial charge >= 0.3 is 0 Å². The Hall–Kier alpha value is -2.91. The summed E-state index contributed by atoms with van der Waals surface area (Å²) in [7, 11) is -3.31. The molecular weight excluding hydrogens is 442 g/mol. The van der Waals surface area contributed by atoms with Crippen molar-refractivity contribution in [1.82, 2.24) is 9.80 Å². The van der Waals surface area contributed by atoms with Crippen molar-refractivity contribution in [3.63, 3.8) is 0 Å². The minimum Gasteiger partial charge on any atom is -0.380 e. The molecule has 8 nitrogen and oxygen atoms in total. The molecule has 2 amide bonds. The number of rotatable bonds is 4. The molecule has 1 saturated heterocycles. The standard InChI is InChI=1S/C24H27N3O5S/c1-33(31,32)27-11-8-18-4-7-20(16-21(18)27)17-2-5-19(6-3-17)22(28)25-12-14-26(15-13-25)23(29)24(30)9-10-24/h2-7,16,30H,8-15H2,1H3. The second-order valence-corrected chi connectivity index (χ2v) is 11.0. The molecule has 9 heteroatoms. The Labute approximate surface area is 193 Å². The van der Waals surface area contributed by atoms with Gasteiger partial charge in [-0.15, -0.1) is 0 Å². The highest BCUT2D eigenvalue weighted by atomic mass is 32.2. The molecule has 2 aromatic rings. The summed E-state index contributed by atoms with van der Waals surface area (Å²) in [5.41, 5.74) is 2.94. The van der Waals surface area contributed by atoms with E-state index in [1.165, 1.54) is 10.6 Å². The third kappa shape index (κ3) is 4.11. The zero-order valence-electron chi connectivity index (χ0n) is 18.5. The van der Waals surface area contributed by atoms with E-state index in [1.807, 2.05) is 30.3 Å². The molecule has 0 unspecified atom stereocenters. The van der Waals surface area contributed by atoms with Gasteiger partial charge in [-0.1, -0.05) is 24.3 Å². The van der Waals surface area contributed by atoms with Gasteiger partial charge in [-0.3, -0.25) is 13.9 Å². The van der Waals surface area contributed by atoms with Gasteiger partial charge in [0.2, 0.25) is 10.0 Å². The van der Waals surface area contributed by atoms with E-state index in [0.717, 1.165) is 22.4 Å². The Kier molecular flexibility index (Phi) is 5.21. The topological polar surface area (TPSA) is 98.2 Å². The highest BCUT2D eigenvalue weighted by Gasteiger charge is 2.50. The van der Waals surface area contributed by atoms with E-state index in [-0.39, 0.29) is 11.8 Å². The van der Waals surface area contributed by atoms with Crippen LogP contribution in [0.3, 0.4) is 0 Å². The summed E-state index contributed by atoms with van der Waals surface area (Å²) < 4.78 is 25.6. The highest BCUT2D eigenvalue weighted by molar-refractivity contribution is 7.92. The first-order valence-electron chi connectivity index (χ1n) is 11.2. The summed E-state index contributed by atoms with van der Waals surface area (Å²) in [5.74, 6) is -0.307. The van der Waals surface area contributed by atoms with Crippen molar-refractivity contribution in [3.8, 4) is 11.1 Å². The number of carbonyl (C=O) groups is 2. The number of carbonyl (C=O) groups excluding carboxylic acids is 2. The maximum atomic E-state index is 12.9. The summed E-state index contributed by atoms with van der Waals surface area (Å²) in [6.07, 6.45) is 2.97. The van der Waals surface area contributed by atoms with Gasteiger partial charge < -0.3 is 14.9 Å². The monoisotopic (exact) mass is 469 g/mol. The van der Waals surface area contributed by atoms with Crippen LogP contribution in [0.1, 0.15) is 28.8 Å². The van der Waals surface area contributed by atoms with Crippen molar-refractivity contribution < 1.29 is 23.1 Å². The number of nitrogens with zero attached hydrogens (tertiary/aromatic N) is 3. The molecule has 33 heavy (non-hydrogen) atoms. The predicted molar refractivity (Wildman–Crippen MR) is 124 cm³/mol. The quantitative estimate of drug-likeness (QED) is 0.732. The number of aliphatic hydroxyl groups is 1. The van der Waals surface area contributed by atoms with Crippen LogP contribution in [0.5, 0.6) is 0 Å². The average Bonchev–Trinajstić information content (AvgIpc) is 3.41. The second kappa shape index (κ2) is 7.85. The van der Waals surface area contributed by atoms with Gasteiger partial charge in [0.05, 0.1) is 11.9 Å². The number of fused-ring (bicyclic) bond motifs is 1. The molecule has 1 aliphatic carbocycles. The first kappa shape index (κ1) is 21.9. The van der Waals surface area contributed by atoms with E-state index >= 15 is 0 Å². The largest absolute Gasteiger partial charge is 0.380 e. The van der Waals surface area contributed by atoms with Crippen LogP contribution >= 0.6 is 0 Å². The fourth-order valence-corrected chi connectivity index (χ4v) is 5.55. The normalized spacial score (nSPS) is 19.4. The molecule has 1 saturated carbocycles. The lowest BCUT2D eigenvalue weighted by atomic mass is 10.0. The SMILES string of the molecule is CS(=O)(=O)N1CCc2ccc(-c3ccc(C(=O)N4CCN(C(=O)C5(O)CC5)CC4)cc3)cc21. The minimum atomic E-state index is -3.31. The maximum absolute atomic E-state index is 12.9. The van der Waals surface area contributed by atoms with E-state index in [4.69, 9.17) is 0 Å². The fourth-order valence-electron chi connectivity index (χ4n) is 4.60. The van der Waals surface area contributed by atoms with Crippen LogP contribution in [0.15, 0.2) is 42.5 Å². The summed E-state index contributed by atoms with van der Waals surface area (Å²) in [4.78, 5) is 28.6. The fraction of sp³-hybridized carbons (Fsp3) is 0.417. The molecule has 0 radical (unpaired) electrons. The van der Waals surface area contributed by atoms with E-state index in [0.29, 0.717) is 57.5 Å². The number of benzene rings is 2. The Bertz CT molecular complexity index is 1210. The van der Waals surface area contributed by atoms with Crippen molar-refractivity contribution in [3.05, 3.63) is 53.6 Å². The Balaban J connectivity index is 1.27. The lowest BCUT2D eigenvalue weighted by Gasteiger charge is -2.35. The Morgan fingerprint density at radius 3 is 2.09 bits per heavy atom. The molecule has 174 valence electrons. The van der Waals surface area contributed by atoms with Crippen LogP contribution < -0.4 is 4.31 Å². The molecule has 0 spiro atoms. The summed E-state index contributed by atoms with van der Waals surface area (Å²) in [6.45, 7) is 2.19. The molecule has 5 rings (SSSR count). The summed E-state index contributed by atoms with van der Waals surface area (Å²) in [6, 6.07) is 13.1. The zero-order chi connectivity index (χ0) is 23.4. The van der Waals surface area contributed by atoms with Gasteiger partial charge in [0.25, 0.3) is 11.8 Å². The molecule has 3 aliphatic rings. The molecule has 2 aliphatic heterocycles. The maximum Gasteiger partial charge on any atom is 0.254 e. The van der Waals surface area contributed by atoms with Crippen molar-refractivity contribution in [2.75, 3.05) is 43.3 Å². The van der Waals surface area contributed by atoms with Crippen molar-refractivity contribution in [2.45, 2.75) is 24.9 Å². The summed E-state index contributed by atoms with van der Waals surface area (Å²) in [5, 5.41) is 10.0. The van der Waals surface area contributed by atoms with E-state index in [2.05, 4.69) is 0 Å². The molecule has 2 heterocycles. The van der Waals surface area contributed by atoms with Crippen LogP contribution in [0.25, 0.3) is 11.1 Å². The first-order valence-corrected chi connectivity index (χ1v) is 13.0. The van der Waals surface area contributed by atoms with Crippen molar-refractivity contribution in [1.29, 1.82) is 0 Å². The smallest absolute Gasteiger partial charge is 0.254 e. The number of amides is 2. The number of hydrogen-bond donors (Lipinski definition) is 1.